The lowest BCUT2D eigenvalue weighted by Crippen LogP contribution is -2.18. The summed E-state index contributed by atoms with van der Waals surface area (Å²) in [6.07, 6.45) is 0. The molecule has 51 heavy (non-hydrogen) atoms. The van der Waals surface area contributed by atoms with Crippen LogP contribution in [-0.2, 0) is 10.8 Å². The Morgan fingerprint density at radius 1 is 0.392 bits per heavy atom. The predicted octanol–water partition coefficient (Wildman–Crippen LogP) is 13.7. The SMILES string of the molecule is CC1(C)c2ccccc2-c2ccc(N(c3ccc(-c4ccc5ccccc5c4)cc3)c3cc4ccccc4c4c3-c3ccccc3C4(C)C)cc21. The Labute approximate surface area is 300 Å². The van der Waals surface area contributed by atoms with Crippen LogP contribution in [0.25, 0.3) is 54.9 Å². The van der Waals surface area contributed by atoms with Crippen LogP contribution in [-0.4, -0.2) is 0 Å². The third kappa shape index (κ3) is 4.34. The number of rotatable bonds is 4. The molecule has 0 bridgehead atoms. The summed E-state index contributed by atoms with van der Waals surface area (Å²) in [5, 5.41) is 5.11. The number of anilines is 3. The van der Waals surface area contributed by atoms with Gasteiger partial charge in [0.2, 0.25) is 0 Å². The first-order chi connectivity index (χ1) is 24.8. The maximum absolute atomic E-state index is 2.52. The zero-order valence-corrected chi connectivity index (χ0v) is 29.5. The molecule has 1 heteroatoms. The predicted molar refractivity (Wildman–Crippen MR) is 217 cm³/mol. The van der Waals surface area contributed by atoms with E-state index in [4.69, 9.17) is 0 Å². The van der Waals surface area contributed by atoms with Crippen LogP contribution in [0.3, 0.4) is 0 Å². The van der Waals surface area contributed by atoms with Gasteiger partial charge in [0, 0.05) is 27.8 Å². The normalized spacial score (nSPS) is 14.6. The summed E-state index contributed by atoms with van der Waals surface area (Å²) >= 11 is 0. The second-order valence-corrected chi connectivity index (χ2v) is 15.4. The molecule has 2 aliphatic rings. The highest BCUT2D eigenvalue weighted by molar-refractivity contribution is 6.06. The molecule has 0 amide bonds. The van der Waals surface area contributed by atoms with E-state index >= 15 is 0 Å². The van der Waals surface area contributed by atoms with Crippen molar-refractivity contribution in [2.45, 2.75) is 38.5 Å². The largest absolute Gasteiger partial charge is 0.310 e. The smallest absolute Gasteiger partial charge is 0.0549 e. The quantitative estimate of drug-likeness (QED) is 0.183. The van der Waals surface area contributed by atoms with Crippen LogP contribution in [0.4, 0.5) is 17.1 Å². The fourth-order valence-electron chi connectivity index (χ4n) is 9.24. The zero-order chi connectivity index (χ0) is 34.5. The topological polar surface area (TPSA) is 3.24 Å². The highest BCUT2D eigenvalue weighted by atomic mass is 15.1. The second kappa shape index (κ2) is 10.8. The van der Waals surface area contributed by atoms with Crippen molar-refractivity contribution in [3.05, 3.63) is 186 Å². The summed E-state index contributed by atoms with van der Waals surface area (Å²) in [7, 11) is 0. The minimum absolute atomic E-state index is 0.104. The van der Waals surface area contributed by atoms with Gasteiger partial charge in [-0.05, 0) is 108 Å². The molecule has 10 rings (SSSR count). The monoisotopic (exact) mass is 653 g/mol. The van der Waals surface area contributed by atoms with Gasteiger partial charge in [-0.2, -0.15) is 0 Å². The molecule has 0 N–H and O–H groups in total. The number of nitrogens with zero attached hydrogens (tertiary/aromatic N) is 1. The summed E-state index contributed by atoms with van der Waals surface area (Å²) in [6, 6.07) is 61.0. The van der Waals surface area contributed by atoms with E-state index in [1.54, 1.807) is 0 Å². The minimum atomic E-state index is -0.144. The van der Waals surface area contributed by atoms with E-state index in [2.05, 4.69) is 196 Å². The molecule has 8 aromatic carbocycles. The molecule has 0 saturated carbocycles. The Morgan fingerprint density at radius 3 is 1.76 bits per heavy atom. The van der Waals surface area contributed by atoms with Gasteiger partial charge < -0.3 is 4.90 Å². The van der Waals surface area contributed by atoms with Crippen LogP contribution in [0.5, 0.6) is 0 Å². The Bertz CT molecular complexity index is 2690. The fourth-order valence-corrected chi connectivity index (χ4v) is 9.24. The molecular weight excluding hydrogens is 615 g/mol. The average molecular weight is 654 g/mol. The molecule has 0 heterocycles. The van der Waals surface area contributed by atoms with Crippen molar-refractivity contribution in [3.63, 3.8) is 0 Å². The Hall–Kier alpha value is -5.92. The van der Waals surface area contributed by atoms with Crippen molar-refractivity contribution in [3.8, 4) is 33.4 Å². The third-order valence-electron chi connectivity index (χ3n) is 11.8. The standard InChI is InChI=1S/C50H39N/c1-49(2)43-19-11-9-17-40(43)41-28-27-38(31-45(41)49)51(37-25-23-33(24-26-37)35-22-21-32-13-5-6-14-34(32)29-35)46-30-36-15-7-8-16-39(36)48-47(46)42-18-10-12-20-44(42)50(48,3)4/h5-31H,1-4H3. The van der Waals surface area contributed by atoms with Crippen LogP contribution in [0.2, 0.25) is 0 Å². The maximum Gasteiger partial charge on any atom is 0.0549 e. The Balaban J connectivity index is 1.22. The van der Waals surface area contributed by atoms with Gasteiger partial charge in [0.15, 0.2) is 0 Å². The van der Waals surface area contributed by atoms with Gasteiger partial charge in [-0.3, -0.25) is 0 Å². The van der Waals surface area contributed by atoms with Crippen LogP contribution >= 0.6 is 0 Å². The molecule has 0 unspecified atom stereocenters. The first kappa shape index (κ1) is 29.9. The number of hydrogen-bond donors (Lipinski definition) is 0. The molecule has 0 aliphatic heterocycles. The summed E-state index contributed by atoms with van der Waals surface area (Å²) in [5.41, 5.74) is 16.6. The summed E-state index contributed by atoms with van der Waals surface area (Å²) in [4.78, 5) is 2.52. The molecule has 0 atom stereocenters. The molecule has 0 spiro atoms. The first-order valence-corrected chi connectivity index (χ1v) is 18.1. The third-order valence-corrected chi connectivity index (χ3v) is 11.8. The first-order valence-electron chi connectivity index (χ1n) is 18.1. The molecule has 0 fully saturated rings. The van der Waals surface area contributed by atoms with Gasteiger partial charge in [0.1, 0.15) is 0 Å². The van der Waals surface area contributed by atoms with Crippen molar-refractivity contribution in [1.29, 1.82) is 0 Å². The van der Waals surface area contributed by atoms with Crippen LogP contribution in [0.1, 0.15) is 49.9 Å². The Morgan fingerprint density at radius 2 is 0.980 bits per heavy atom. The summed E-state index contributed by atoms with van der Waals surface area (Å²) in [5.74, 6) is 0. The molecule has 0 radical (unpaired) electrons. The zero-order valence-electron chi connectivity index (χ0n) is 29.5. The maximum atomic E-state index is 2.52. The molecule has 0 saturated heterocycles. The van der Waals surface area contributed by atoms with Gasteiger partial charge in [-0.15, -0.1) is 0 Å². The second-order valence-electron chi connectivity index (χ2n) is 15.4. The number of hydrogen-bond acceptors (Lipinski definition) is 1. The van der Waals surface area contributed by atoms with E-state index in [9.17, 15) is 0 Å². The van der Waals surface area contributed by atoms with Gasteiger partial charge in [0.25, 0.3) is 0 Å². The van der Waals surface area contributed by atoms with E-state index < -0.39 is 0 Å². The molecule has 8 aromatic rings. The number of fused-ring (bicyclic) bond motifs is 9. The van der Waals surface area contributed by atoms with Crippen molar-refractivity contribution in [2.24, 2.45) is 0 Å². The van der Waals surface area contributed by atoms with Crippen molar-refractivity contribution in [2.75, 3.05) is 4.90 Å². The van der Waals surface area contributed by atoms with Crippen molar-refractivity contribution >= 4 is 38.6 Å². The van der Waals surface area contributed by atoms with Crippen molar-refractivity contribution in [1.82, 2.24) is 0 Å². The van der Waals surface area contributed by atoms with Crippen LogP contribution in [0.15, 0.2) is 164 Å². The lowest BCUT2D eigenvalue weighted by molar-refractivity contribution is 0.660. The van der Waals surface area contributed by atoms with Gasteiger partial charge in [-0.1, -0.05) is 155 Å². The van der Waals surface area contributed by atoms with Crippen molar-refractivity contribution < 1.29 is 0 Å². The van der Waals surface area contributed by atoms with Gasteiger partial charge in [0.05, 0.1) is 5.69 Å². The summed E-state index contributed by atoms with van der Waals surface area (Å²) in [6.45, 7) is 9.53. The number of benzene rings is 8. The lowest BCUT2D eigenvalue weighted by Gasteiger charge is -2.31. The molecule has 2 aliphatic carbocycles. The summed E-state index contributed by atoms with van der Waals surface area (Å²) < 4.78 is 0. The van der Waals surface area contributed by atoms with Crippen LogP contribution < -0.4 is 4.90 Å². The highest BCUT2D eigenvalue weighted by Gasteiger charge is 2.40. The van der Waals surface area contributed by atoms with Gasteiger partial charge in [-0.25, -0.2) is 0 Å². The van der Waals surface area contributed by atoms with Crippen LogP contribution in [0, 0.1) is 0 Å². The van der Waals surface area contributed by atoms with E-state index in [-0.39, 0.29) is 10.8 Å². The fraction of sp³-hybridized carbons (Fsp3) is 0.120. The van der Waals surface area contributed by atoms with E-state index in [1.165, 1.54) is 88.6 Å². The Kier molecular flexibility index (Phi) is 6.34. The molecule has 0 aromatic heterocycles. The highest BCUT2D eigenvalue weighted by Crippen LogP contribution is 2.57. The molecule has 244 valence electrons. The van der Waals surface area contributed by atoms with E-state index in [1.807, 2.05) is 0 Å². The molecule has 1 nitrogen and oxygen atoms in total. The van der Waals surface area contributed by atoms with Gasteiger partial charge >= 0.3 is 0 Å². The van der Waals surface area contributed by atoms with E-state index in [0.29, 0.717) is 0 Å². The average Bonchev–Trinajstić information content (AvgIpc) is 3.55. The van der Waals surface area contributed by atoms with E-state index in [0.717, 1.165) is 5.69 Å². The minimum Gasteiger partial charge on any atom is -0.310 e. The molecular formula is C50H39N. The lowest BCUT2D eigenvalue weighted by atomic mass is 9.80.